The number of halogens is 1. The molecule has 19 heavy (non-hydrogen) atoms. The Hall–Kier alpha value is -0.990. The maximum absolute atomic E-state index is 6.15. The molecule has 0 aliphatic heterocycles. The molecule has 0 amide bonds. The quantitative estimate of drug-likeness (QED) is 0.801. The first-order valence-corrected chi connectivity index (χ1v) is 7.39. The molecule has 1 aliphatic carbocycles. The molecule has 1 aliphatic rings. The summed E-state index contributed by atoms with van der Waals surface area (Å²) in [5, 5.41) is 4.32. The zero-order chi connectivity index (χ0) is 13.7. The number of benzene rings is 1. The highest BCUT2D eigenvalue weighted by molar-refractivity contribution is 6.30. The second-order valence-corrected chi connectivity index (χ2v) is 5.34. The molecule has 2 rings (SSSR count). The lowest BCUT2D eigenvalue weighted by Crippen LogP contribution is -2.24. The number of allylic oxidation sites excluding steroid dienone is 1. The van der Waals surface area contributed by atoms with Crippen molar-refractivity contribution in [3.63, 3.8) is 0 Å². The van der Waals surface area contributed by atoms with Gasteiger partial charge in [-0.3, -0.25) is 0 Å². The van der Waals surface area contributed by atoms with Gasteiger partial charge in [0.25, 0.3) is 0 Å². The molecule has 1 atom stereocenters. The van der Waals surface area contributed by atoms with E-state index in [4.69, 9.17) is 16.3 Å². The van der Waals surface area contributed by atoms with Crippen LogP contribution in [-0.4, -0.2) is 13.7 Å². The zero-order valence-corrected chi connectivity index (χ0v) is 12.5. The van der Waals surface area contributed by atoms with Crippen molar-refractivity contribution in [2.24, 2.45) is 0 Å². The number of nitrogens with one attached hydrogen (secondary N) is 1. The van der Waals surface area contributed by atoms with Crippen LogP contribution < -0.4 is 10.1 Å². The number of hydrogen-bond acceptors (Lipinski definition) is 2. The third kappa shape index (κ3) is 3.52. The normalized spacial score (nSPS) is 16.9. The average molecular weight is 280 g/mol. The van der Waals surface area contributed by atoms with Gasteiger partial charge in [-0.1, -0.05) is 30.2 Å². The highest BCUT2D eigenvalue weighted by Gasteiger charge is 2.21. The van der Waals surface area contributed by atoms with E-state index >= 15 is 0 Å². The molecule has 0 bridgehead atoms. The highest BCUT2D eigenvalue weighted by atomic mass is 35.5. The number of rotatable bonds is 5. The van der Waals surface area contributed by atoms with Crippen molar-refractivity contribution in [3.05, 3.63) is 40.4 Å². The van der Waals surface area contributed by atoms with Gasteiger partial charge in [0.1, 0.15) is 5.75 Å². The predicted octanol–water partition coefficient (Wildman–Crippen LogP) is 4.50. The van der Waals surface area contributed by atoms with Gasteiger partial charge in [-0.05, 0) is 50.4 Å². The van der Waals surface area contributed by atoms with E-state index in [1.165, 1.54) is 24.8 Å². The monoisotopic (exact) mass is 279 g/mol. The first-order chi connectivity index (χ1) is 9.26. The van der Waals surface area contributed by atoms with E-state index in [2.05, 4.69) is 18.3 Å². The molecule has 0 radical (unpaired) electrons. The fraction of sp³-hybridized carbons (Fsp3) is 0.500. The van der Waals surface area contributed by atoms with Gasteiger partial charge in [-0.2, -0.15) is 0 Å². The summed E-state index contributed by atoms with van der Waals surface area (Å²) in [4.78, 5) is 0. The van der Waals surface area contributed by atoms with Crippen molar-refractivity contribution in [2.45, 2.75) is 38.6 Å². The third-order valence-electron chi connectivity index (χ3n) is 3.61. The Morgan fingerprint density at radius 2 is 2.21 bits per heavy atom. The van der Waals surface area contributed by atoms with Crippen molar-refractivity contribution < 1.29 is 4.74 Å². The summed E-state index contributed by atoms with van der Waals surface area (Å²) < 4.78 is 5.49. The molecule has 0 saturated heterocycles. The van der Waals surface area contributed by atoms with Gasteiger partial charge in [0, 0.05) is 10.6 Å². The van der Waals surface area contributed by atoms with Gasteiger partial charge >= 0.3 is 0 Å². The number of hydrogen-bond donors (Lipinski definition) is 1. The lowest BCUT2D eigenvalue weighted by molar-refractivity contribution is 0.402. The zero-order valence-electron chi connectivity index (χ0n) is 11.7. The summed E-state index contributed by atoms with van der Waals surface area (Å²) in [6, 6.07) is 6.07. The molecule has 3 heteroatoms. The van der Waals surface area contributed by atoms with Crippen LogP contribution in [0.25, 0.3) is 0 Å². The molecule has 104 valence electrons. The first kappa shape index (κ1) is 14.4. The first-order valence-electron chi connectivity index (χ1n) is 7.02. The Morgan fingerprint density at radius 1 is 1.37 bits per heavy atom. The standard InChI is InChI=1S/C16H22ClNO/c1-3-18-16(12-7-5-4-6-8-12)14-11-13(17)9-10-15(14)19-2/h7,9-11,16,18H,3-6,8H2,1-2H3. The van der Waals surface area contributed by atoms with Gasteiger partial charge in [0.05, 0.1) is 13.2 Å². The van der Waals surface area contributed by atoms with Crippen LogP contribution in [0.3, 0.4) is 0 Å². The summed E-state index contributed by atoms with van der Waals surface area (Å²) in [5.41, 5.74) is 2.61. The summed E-state index contributed by atoms with van der Waals surface area (Å²) in [6.07, 6.45) is 7.29. The summed E-state index contributed by atoms with van der Waals surface area (Å²) >= 11 is 6.15. The van der Waals surface area contributed by atoms with Gasteiger partial charge in [-0.15, -0.1) is 0 Å². The van der Waals surface area contributed by atoms with Crippen molar-refractivity contribution >= 4 is 11.6 Å². The molecular formula is C16H22ClNO. The van der Waals surface area contributed by atoms with Crippen LogP contribution in [0.1, 0.15) is 44.2 Å². The lowest BCUT2D eigenvalue weighted by atomic mass is 9.89. The summed E-state index contributed by atoms with van der Waals surface area (Å²) in [5.74, 6) is 0.904. The molecule has 1 aromatic carbocycles. The third-order valence-corrected chi connectivity index (χ3v) is 3.84. The predicted molar refractivity (Wildman–Crippen MR) is 81.0 cm³/mol. The second-order valence-electron chi connectivity index (χ2n) is 4.90. The van der Waals surface area contributed by atoms with Crippen molar-refractivity contribution in [1.29, 1.82) is 0 Å². The fourth-order valence-corrected chi connectivity index (χ4v) is 2.88. The smallest absolute Gasteiger partial charge is 0.124 e. The van der Waals surface area contributed by atoms with Gasteiger partial charge < -0.3 is 10.1 Å². The molecule has 1 unspecified atom stereocenters. The van der Waals surface area contributed by atoms with Crippen LogP contribution in [0, 0.1) is 0 Å². The fourth-order valence-electron chi connectivity index (χ4n) is 2.70. The molecule has 0 spiro atoms. The largest absolute Gasteiger partial charge is 0.496 e. The van der Waals surface area contributed by atoms with E-state index in [0.29, 0.717) is 0 Å². The molecule has 1 N–H and O–H groups in total. The lowest BCUT2D eigenvalue weighted by Gasteiger charge is -2.26. The molecule has 0 saturated carbocycles. The summed E-state index contributed by atoms with van der Waals surface area (Å²) in [7, 11) is 1.71. The molecule has 0 fully saturated rings. The van der Waals surface area contributed by atoms with Gasteiger partial charge in [0.2, 0.25) is 0 Å². The maximum atomic E-state index is 6.15. The Kier molecular flexibility index (Phi) is 5.29. The second kappa shape index (κ2) is 6.97. The van der Waals surface area contributed by atoms with Crippen LogP contribution in [0.5, 0.6) is 5.75 Å². The molecule has 1 aromatic rings. The molecule has 2 nitrogen and oxygen atoms in total. The summed E-state index contributed by atoms with van der Waals surface area (Å²) in [6.45, 7) is 3.06. The topological polar surface area (TPSA) is 21.3 Å². The van der Waals surface area contributed by atoms with E-state index in [-0.39, 0.29) is 6.04 Å². The highest BCUT2D eigenvalue weighted by Crippen LogP contribution is 2.36. The minimum absolute atomic E-state index is 0.221. The van der Waals surface area contributed by atoms with Gasteiger partial charge in [0.15, 0.2) is 0 Å². The average Bonchev–Trinajstić information content (AvgIpc) is 2.45. The molecule has 0 heterocycles. The number of ether oxygens (including phenoxy) is 1. The Morgan fingerprint density at radius 3 is 2.84 bits per heavy atom. The van der Waals surface area contributed by atoms with Crippen molar-refractivity contribution in [3.8, 4) is 5.75 Å². The van der Waals surface area contributed by atoms with Crippen LogP contribution in [0.2, 0.25) is 5.02 Å². The van der Waals surface area contributed by atoms with Crippen LogP contribution in [0.4, 0.5) is 0 Å². The molecular weight excluding hydrogens is 258 g/mol. The Labute approximate surface area is 120 Å². The van der Waals surface area contributed by atoms with E-state index < -0.39 is 0 Å². The van der Waals surface area contributed by atoms with E-state index in [1.54, 1.807) is 7.11 Å². The van der Waals surface area contributed by atoms with Gasteiger partial charge in [-0.25, -0.2) is 0 Å². The minimum Gasteiger partial charge on any atom is -0.496 e. The number of methoxy groups -OCH3 is 1. The number of likely N-dealkylation sites (N-methyl/N-ethyl adjacent to an activating group) is 1. The van der Waals surface area contributed by atoms with Crippen molar-refractivity contribution in [2.75, 3.05) is 13.7 Å². The Balaban J connectivity index is 2.37. The minimum atomic E-state index is 0.221. The van der Waals surface area contributed by atoms with E-state index in [9.17, 15) is 0 Å². The van der Waals surface area contributed by atoms with Crippen LogP contribution in [-0.2, 0) is 0 Å². The van der Waals surface area contributed by atoms with E-state index in [1.807, 2.05) is 18.2 Å². The SMILES string of the molecule is CCNC(C1=CCCCC1)c1cc(Cl)ccc1OC. The van der Waals surface area contributed by atoms with Crippen LogP contribution in [0.15, 0.2) is 29.8 Å². The molecule has 0 aromatic heterocycles. The maximum Gasteiger partial charge on any atom is 0.124 e. The Bertz CT molecular complexity index is 456. The van der Waals surface area contributed by atoms with Crippen molar-refractivity contribution in [1.82, 2.24) is 5.32 Å². The van der Waals surface area contributed by atoms with E-state index in [0.717, 1.165) is 29.3 Å². The van der Waals surface area contributed by atoms with Crippen LogP contribution >= 0.6 is 11.6 Å².